The number of hydrogen-bond donors (Lipinski definition) is 2. The molecular weight excluding hydrogens is 418 g/mol. The van der Waals surface area contributed by atoms with Gasteiger partial charge in [0.15, 0.2) is 0 Å². The average Bonchev–Trinajstić information content (AvgIpc) is 3.12. The van der Waals surface area contributed by atoms with E-state index in [9.17, 15) is 9.59 Å². The molecule has 0 atom stereocenters. The molecule has 2 heterocycles. The van der Waals surface area contributed by atoms with E-state index in [0.717, 1.165) is 27.6 Å². The topological polar surface area (TPSA) is 93.4 Å². The first-order valence-corrected chi connectivity index (χ1v) is 10.9. The van der Waals surface area contributed by atoms with Gasteiger partial charge in [-0.3, -0.25) is 10.2 Å². The summed E-state index contributed by atoms with van der Waals surface area (Å²) in [6.07, 6.45) is 0.519. The Bertz CT molecular complexity index is 1270. The summed E-state index contributed by atoms with van der Waals surface area (Å²) in [5.74, 6) is 0.0985. The molecule has 0 saturated heterocycles. The standard InChI is InChI=1S/C26H27N3O4/c1-4-33-26(31)23-21(17-8-6-5-7-9-17)15-29-22-11-10-18(32-3)14-20(22)19(25(29)24(23)27)12-13-28-16(2)30/h5-11,14,27H,4,12-13,15H2,1-3H3,(H,28,30). The van der Waals surface area contributed by atoms with E-state index in [0.29, 0.717) is 31.0 Å². The van der Waals surface area contributed by atoms with Gasteiger partial charge in [0.2, 0.25) is 5.91 Å². The molecule has 0 fully saturated rings. The number of carbonyl (C=O) groups is 2. The molecule has 1 aliphatic rings. The number of carbonyl (C=O) groups excluding carboxylic acids is 2. The number of hydrogen-bond acceptors (Lipinski definition) is 5. The van der Waals surface area contributed by atoms with Crippen LogP contribution in [0.5, 0.6) is 5.75 Å². The van der Waals surface area contributed by atoms with Gasteiger partial charge in [0.1, 0.15) is 5.75 Å². The molecule has 0 radical (unpaired) electrons. The van der Waals surface area contributed by atoms with Crippen molar-refractivity contribution in [2.75, 3.05) is 20.3 Å². The van der Waals surface area contributed by atoms with Crippen molar-refractivity contribution in [3.8, 4) is 5.75 Å². The van der Waals surface area contributed by atoms with E-state index in [1.807, 2.05) is 48.5 Å². The van der Waals surface area contributed by atoms with Gasteiger partial charge in [-0.25, -0.2) is 4.79 Å². The van der Waals surface area contributed by atoms with Gasteiger partial charge in [0, 0.05) is 30.9 Å². The molecule has 1 aromatic heterocycles. The molecule has 1 amide bonds. The van der Waals surface area contributed by atoms with Gasteiger partial charge in [-0.15, -0.1) is 0 Å². The molecule has 0 spiro atoms. The molecule has 0 bridgehead atoms. The van der Waals surface area contributed by atoms with E-state index in [-0.39, 0.29) is 23.8 Å². The highest BCUT2D eigenvalue weighted by atomic mass is 16.5. The second-order valence-corrected chi connectivity index (χ2v) is 7.84. The molecule has 170 valence electrons. The van der Waals surface area contributed by atoms with Crippen molar-refractivity contribution in [3.05, 3.63) is 70.9 Å². The monoisotopic (exact) mass is 445 g/mol. The highest BCUT2D eigenvalue weighted by molar-refractivity contribution is 6.31. The van der Waals surface area contributed by atoms with Crippen LogP contribution in [0, 0.1) is 5.41 Å². The number of benzene rings is 2. The number of rotatable bonds is 7. The molecule has 7 nitrogen and oxygen atoms in total. The van der Waals surface area contributed by atoms with Gasteiger partial charge in [-0.1, -0.05) is 30.3 Å². The molecule has 0 unspecified atom stereocenters. The zero-order chi connectivity index (χ0) is 23.5. The van der Waals surface area contributed by atoms with Crippen molar-refractivity contribution in [1.29, 1.82) is 5.41 Å². The van der Waals surface area contributed by atoms with Gasteiger partial charge in [-0.05, 0) is 48.2 Å². The third-order valence-electron chi connectivity index (χ3n) is 5.83. The van der Waals surface area contributed by atoms with E-state index in [1.165, 1.54) is 6.92 Å². The van der Waals surface area contributed by atoms with Crippen LogP contribution in [0.4, 0.5) is 0 Å². The Kier molecular flexibility index (Phi) is 6.31. The van der Waals surface area contributed by atoms with E-state index >= 15 is 0 Å². The fraction of sp³-hybridized carbons (Fsp3) is 0.269. The fourth-order valence-corrected chi connectivity index (χ4v) is 4.41. The Hall–Kier alpha value is -3.87. The smallest absolute Gasteiger partial charge is 0.340 e. The van der Waals surface area contributed by atoms with E-state index in [2.05, 4.69) is 9.88 Å². The number of fused-ring (bicyclic) bond motifs is 3. The van der Waals surface area contributed by atoms with Crippen LogP contribution in [0.15, 0.2) is 54.1 Å². The van der Waals surface area contributed by atoms with Crippen molar-refractivity contribution in [2.45, 2.75) is 26.8 Å². The number of nitrogens with zero attached hydrogens (tertiary/aromatic N) is 1. The number of methoxy groups -OCH3 is 1. The average molecular weight is 446 g/mol. The summed E-state index contributed by atoms with van der Waals surface area (Å²) in [5.41, 5.74) is 4.57. The lowest BCUT2D eigenvalue weighted by Crippen LogP contribution is -2.28. The number of nitrogens with one attached hydrogen (secondary N) is 2. The number of aromatic nitrogens is 1. The maximum atomic E-state index is 13.0. The van der Waals surface area contributed by atoms with Crippen molar-refractivity contribution in [2.24, 2.45) is 0 Å². The molecule has 2 aromatic carbocycles. The highest BCUT2D eigenvalue weighted by Gasteiger charge is 2.33. The Morgan fingerprint density at radius 3 is 2.58 bits per heavy atom. The van der Waals surface area contributed by atoms with E-state index in [1.54, 1.807) is 14.0 Å². The van der Waals surface area contributed by atoms with Crippen molar-refractivity contribution < 1.29 is 19.1 Å². The largest absolute Gasteiger partial charge is 0.497 e. The van der Waals surface area contributed by atoms with Crippen LogP contribution in [0.3, 0.4) is 0 Å². The Labute approximate surface area is 192 Å². The Morgan fingerprint density at radius 1 is 1.15 bits per heavy atom. The summed E-state index contributed by atoms with van der Waals surface area (Å²) < 4.78 is 12.9. The first kappa shape index (κ1) is 22.3. The van der Waals surface area contributed by atoms with Gasteiger partial charge >= 0.3 is 5.97 Å². The highest BCUT2D eigenvalue weighted by Crippen LogP contribution is 2.38. The first-order chi connectivity index (χ1) is 16.0. The number of esters is 1. The lowest BCUT2D eigenvalue weighted by atomic mass is 9.90. The normalized spacial score (nSPS) is 13.1. The summed E-state index contributed by atoms with van der Waals surface area (Å²) in [6.45, 7) is 4.32. The lowest BCUT2D eigenvalue weighted by Gasteiger charge is -2.25. The molecule has 3 aromatic rings. The zero-order valence-corrected chi connectivity index (χ0v) is 19.0. The van der Waals surface area contributed by atoms with Crippen LogP contribution in [-0.2, 0) is 27.3 Å². The minimum atomic E-state index is -0.497. The molecule has 7 heteroatoms. The molecule has 1 aliphatic heterocycles. The van der Waals surface area contributed by atoms with Gasteiger partial charge in [-0.2, -0.15) is 0 Å². The molecule has 33 heavy (non-hydrogen) atoms. The summed E-state index contributed by atoms with van der Waals surface area (Å²) in [7, 11) is 1.62. The van der Waals surface area contributed by atoms with E-state index < -0.39 is 5.97 Å². The first-order valence-electron chi connectivity index (χ1n) is 10.9. The summed E-state index contributed by atoms with van der Waals surface area (Å²) >= 11 is 0. The molecular formula is C26H27N3O4. The summed E-state index contributed by atoms with van der Waals surface area (Å²) in [6, 6.07) is 15.5. The predicted octanol–water partition coefficient (Wildman–Crippen LogP) is 3.73. The fourth-order valence-electron chi connectivity index (χ4n) is 4.41. The predicted molar refractivity (Wildman–Crippen MR) is 128 cm³/mol. The second-order valence-electron chi connectivity index (χ2n) is 7.84. The van der Waals surface area contributed by atoms with Crippen LogP contribution < -0.4 is 10.1 Å². The minimum absolute atomic E-state index is 0.112. The molecule has 0 aliphatic carbocycles. The van der Waals surface area contributed by atoms with Crippen molar-refractivity contribution in [1.82, 2.24) is 9.88 Å². The summed E-state index contributed by atoms with van der Waals surface area (Å²) in [4.78, 5) is 24.5. The second kappa shape index (κ2) is 9.32. The van der Waals surface area contributed by atoms with Crippen LogP contribution in [-0.4, -0.2) is 42.4 Å². The quantitative estimate of drug-likeness (QED) is 0.542. The van der Waals surface area contributed by atoms with Gasteiger partial charge < -0.3 is 19.4 Å². The Balaban J connectivity index is 1.93. The van der Waals surface area contributed by atoms with Crippen molar-refractivity contribution >= 4 is 34.1 Å². The maximum absolute atomic E-state index is 13.0. The third kappa shape index (κ3) is 4.14. The zero-order valence-electron chi connectivity index (χ0n) is 19.0. The van der Waals surface area contributed by atoms with Crippen molar-refractivity contribution in [3.63, 3.8) is 0 Å². The van der Waals surface area contributed by atoms with Gasteiger partial charge in [0.05, 0.1) is 30.7 Å². The SMILES string of the molecule is CCOC(=O)C1=C(c2ccccc2)Cn2c(c(CCNC(C)=O)c3cc(OC)ccc32)C1=N. The molecule has 2 N–H and O–H groups in total. The minimum Gasteiger partial charge on any atom is -0.497 e. The van der Waals surface area contributed by atoms with Gasteiger partial charge in [0.25, 0.3) is 0 Å². The Morgan fingerprint density at radius 2 is 1.91 bits per heavy atom. The van der Waals surface area contributed by atoms with Crippen LogP contribution in [0.1, 0.15) is 30.7 Å². The lowest BCUT2D eigenvalue weighted by molar-refractivity contribution is -0.137. The third-order valence-corrected chi connectivity index (χ3v) is 5.83. The molecule has 4 rings (SSSR count). The van der Waals surface area contributed by atoms with Crippen LogP contribution >= 0.6 is 0 Å². The van der Waals surface area contributed by atoms with E-state index in [4.69, 9.17) is 14.9 Å². The van der Waals surface area contributed by atoms with Crippen LogP contribution in [0.2, 0.25) is 0 Å². The molecule has 0 saturated carbocycles. The number of allylic oxidation sites excluding steroid dienone is 1. The van der Waals surface area contributed by atoms with Crippen LogP contribution in [0.25, 0.3) is 16.5 Å². The number of amides is 1. The summed E-state index contributed by atoms with van der Waals surface area (Å²) in [5, 5.41) is 12.9. The maximum Gasteiger partial charge on any atom is 0.340 e. The number of ether oxygens (including phenoxy) is 2.